The Morgan fingerprint density at radius 1 is 1.00 bits per heavy atom. The van der Waals surface area contributed by atoms with Crippen LogP contribution >= 0.6 is 15.9 Å². The maximum Gasteiger partial charge on any atom is 0.0936 e. The van der Waals surface area contributed by atoms with Crippen LogP contribution < -0.4 is 4.90 Å². The summed E-state index contributed by atoms with van der Waals surface area (Å²) < 4.78 is 3.09. The molecule has 2 heterocycles. The molecule has 5 heteroatoms. The van der Waals surface area contributed by atoms with Crippen molar-refractivity contribution in [2.24, 2.45) is 0 Å². The molecule has 4 rings (SSSR count). The molecule has 3 aromatic rings. The summed E-state index contributed by atoms with van der Waals surface area (Å²) in [5.74, 6) is 0. The molecule has 0 radical (unpaired) electrons. The van der Waals surface area contributed by atoms with Crippen LogP contribution in [-0.4, -0.2) is 21.5 Å². The van der Waals surface area contributed by atoms with Crippen LogP contribution in [0.1, 0.15) is 11.3 Å². The SMILES string of the molecule is Cc1ccc(N2CCn3nnc(C)c3-c3ccc(Br)cc32)cc1. The highest BCUT2D eigenvalue weighted by Gasteiger charge is 2.24. The predicted molar refractivity (Wildman–Crippen MR) is 96.1 cm³/mol. The molecule has 1 aliphatic rings. The van der Waals surface area contributed by atoms with Crippen molar-refractivity contribution in [2.75, 3.05) is 11.4 Å². The van der Waals surface area contributed by atoms with Gasteiger partial charge >= 0.3 is 0 Å². The van der Waals surface area contributed by atoms with Crippen LogP contribution in [0.15, 0.2) is 46.9 Å². The molecule has 2 aromatic carbocycles. The van der Waals surface area contributed by atoms with E-state index in [1.54, 1.807) is 0 Å². The molecule has 0 unspecified atom stereocenters. The van der Waals surface area contributed by atoms with Gasteiger partial charge in [-0.15, -0.1) is 5.10 Å². The minimum absolute atomic E-state index is 0.816. The van der Waals surface area contributed by atoms with E-state index in [-0.39, 0.29) is 0 Å². The zero-order chi connectivity index (χ0) is 16.0. The average Bonchev–Trinajstić information content (AvgIpc) is 2.82. The van der Waals surface area contributed by atoms with Gasteiger partial charge in [0.1, 0.15) is 0 Å². The Hall–Kier alpha value is -2.14. The van der Waals surface area contributed by atoms with E-state index in [1.165, 1.54) is 22.5 Å². The van der Waals surface area contributed by atoms with Gasteiger partial charge in [-0.25, -0.2) is 4.68 Å². The van der Waals surface area contributed by atoms with Crippen LogP contribution in [0, 0.1) is 13.8 Å². The van der Waals surface area contributed by atoms with E-state index in [0.29, 0.717) is 0 Å². The van der Waals surface area contributed by atoms with E-state index in [4.69, 9.17) is 0 Å². The molecule has 0 spiro atoms. The maximum atomic E-state index is 4.31. The fourth-order valence-corrected chi connectivity index (χ4v) is 3.48. The summed E-state index contributed by atoms with van der Waals surface area (Å²) >= 11 is 3.61. The van der Waals surface area contributed by atoms with Gasteiger partial charge in [0.25, 0.3) is 0 Å². The van der Waals surface area contributed by atoms with Gasteiger partial charge in [0.2, 0.25) is 0 Å². The number of hydrogen-bond acceptors (Lipinski definition) is 3. The second kappa shape index (κ2) is 5.49. The number of rotatable bonds is 1. The van der Waals surface area contributed by atoms with Crippen LogP contribution in [0.5, 0.6) is 0 Å². The Morgan fingerprint density at radius 3 is 2.57 bits per heavy atom. The number of aryl methyl sites for hydroxylation is 2. The molecule has 0 saturated heterocycles. The molecule has 0 N–H and O–H groups in total. The van der Waals surface area contributed by atoms with Gasteiger partial charge in [-0.3, -0.25) is 0 Å². The van der Waals surface area contributed by atoms with E-state index in [9.17, 15) is 0 Å². The number of fused-ring (bicyclic) bond motifs is 3. The topological polar surface area (TPSA) is 34.0 Å². The molecule has 4 nitrogen and oxygen atoms in total. The van der Waals surface area contributed by atoms with Crippen molar-refractivity contribution in [3.63, 3.8) is 0 Å². The van der Waals surface area contributed by atoms with E-state index in [0.717, 1.165) is 29.0 Å². The average molecular weight is 369 g/mol. The molecular weight excluding hydrogens is 352 g/mol. The zero-order valence-electron chi connectivity index (χ0n) is 13.1. The first-order valence-electron chi connectivity index (χ1n) is 7.68. The largest absolute Gasteiger partial charge is 0.339 e. The normalized spacial score (nSPS) is 13.4. The molecular formula is C18H17BrN4. The smallest absolute Gasteiger partial charge is 0.0936 e. The number of halogens is 1. The number of aromatic nitrogens is 3. The molecule has 0 bridgehead atoms. The Labute approximate surface area is 143 Å². The summed E-state index contributed by atoms with van der Waals surface area (Å²) in [4.78, 5) is 2.35. The molecule has 1 aromatic heterocycles. The molecule has 23 heavy (non-hydrogen) atoms. The van der Waals surface area contributed by atoms with E-state index in [1.807, 2.05) is 11.6 Å². The quantitative estimate of drug-likeness (QED) is 0.635. The van der Waals surface area contributed by atoms with E-state index >= 15 is 0 Å². The van der Waals surface area contributed by atoms with Gasteiger partial charge in [0, 0.05) is 22.3 Å². The molecule has 1 aliphatic heterocycles. The lowest BCUT2D eigenvalue weighted by molar-refractivity contribution is 0.605. The van der Waals surface area contributed by atoms with Gasteiger partial charge in [-0.1, -0.05) is 38.8 Å². The predicted octanol–water partition coefficient (Wildman–Crippen LogP) is 4.48. The van der Waals surface area contributed by atoms with Crippen molar-refractivity contribution >= 4 is 27.3 Å². The third kappa shape index (κ3) is 2.45. The van der Waals surface area contributed by atoms with Gasteiger partial charge in [-0.2, -0.15) is 0 Å². The lowest BCUT2D eigenvalue weighted by Crippen LogP contribution is -2.21. The van der Waals surface area contributed by atoms with Gasteiger partial charge < -0.3 is 4.90 Å². The van der Waals surface area contributed by atoms with Gasteiger partial charge in [0.05, 0.1) is 23.6 Å². The first-order valence-corrected chi connectivity index (χ1v) is 8.47. The molecule has 116 valence electrons. The third-order valence-corrected chi connectivity index (χ3v) is 4.78. The lowest BCUT2D eigenvalue weighted by atomic mass is 10.1. The van der Waals surface area contributed by atoms with Gasteiger partial charge in [0.15, 0.2) is 0 Å². The summed E-state index contributed by atoms with van der Waals surface area (Å²) in [6.45, 7) is 5.81. The van der Waals surface area contributed by atoms with Crippen molar-refractivity contribution < 1.29 is 0 Å². The Morgan fingerprint density at radius 2 is 1.78 bits per heavy atom. The summed E-state index contributed by atoms with van der Waals surface area (Å²) in [6.07, 6.45) is 0. The molecule has 0 atom stereocenters. The number of nitrogens with zero attached hydrogens (tertiary/aromatic N) is 4. The minimum Gasteiger partial charge on any atom is -0.339 e. The van der Waals surface area contributed by atoms with Crippen molar-refractivity contribution in [3.8, 4) is 11.3 Å². The maximum absolute atomic E-state index is 4.31. The van der Waals surface area contributed by atoms with Crippen molar-refractivity contribution in [2.45, 2.75) is 20.4 Å². The molecule has 0 amide bonds. The monoisotopic (exact) mass is 368 g/mol. The summed E-state index contributed by atoms with van der Waals surface area (Å²) in [7, 11) is 0. The van der Waals surface area contributed by atoms with Crippen molar-refractivity contribution in [1.29, 1.82) is 0 Å². The number of benzene rings is 2. The van der Waals surface area contributed by atoms with Crippen LogP contribution in [0.2, 0.25) is 0 Å². The second-order valence-electron chi connectivity index (χ2n) is 5.90. The first kappa shape index (κ1) is 14.5. The fraction of sp³-hybridized carbons (Fsp3) is 0.222. The first-order chi connectivity index (χ1) is 11.1. The summed E-state index contributed by atoms with van der Waals surface area (Å²) in [5.41, 5.74) is 6.92. The number of anilines is 2. The Kier molecular flexibility index (Phi) is 3.45. The van der Waals surface area contributed by atoms with Crippen LogP contribution in [-0.2, 0) is 6.54 Å². The molecule has 0 fully saturated rings. The van der Waals surface area contributed by atoms with E-state index in [2.05, 4.69) is 80.5 Å². The van der Waals surface area contributed by atoms with E-state index < -0.39 is 0 Å². The van der Waals surface area contributed by atoms with Crippen molar-refractivity contribution in [1.82, 2.24) is 15.0 Å². The molecule has 0 aliphatic carbocycles. The zero-order valence-corrected chi connectivity index (χ0v) is 14.7. The summed E-state index contributed by atoms with van der Waals surface area (Å²) in [6, 6.07) is 15.1. The second-order valence-corrected chi connectivity index (χ2v) is 6.81. The number of hydrogen-bond donors (Lipinski definition) is 0. The fourth-order valence-electron chi connectivity index (χ4n) is 3.13. The third-order valence-electron chi connectivity index (χ3n) is 4.29. The minimum atomic E-state index is 0.816. The lowest BCUT2D eigenvalue weighted by Gasteiger charge is -2.25. The standard InChI is InChI=1S/C18H17BrN4/c1-12-3-6-15(7-4-12)22-9-10-23-18(13(2)20-21-23)16-8-5-14(19)11-17(16)22/h3-8,11H,9-10H2,1-2H3. The van der Waals surface area contributed by atoms with Crippen LogP contribution in [0.3, 0.4) is 0 Å². The van der Waals surface area contributed by atoms with Crippen molar-refractivity contribution in [3.05, 3.63) is 58.2 Å². The Balaban J connectivity index is 1.92. The highest BCUT2D eigenvalue weighted by atomic mass is 79.9. The van der Waals surface area contributed by atoms with Gasteiger partial charge in [-0.05, 0) is 44.2 Å². The highest BCUT2D eigenvalue weighted by Crippen LogP contribution is 2.39. The molecule has 0 saturated carbocycles. The highest BCUT2D eigenvalue weighted by molar-refractivity contribution is 9.10. The van der Waals surface area contributed by atoms with Crippen LogP contribution in [0.4, 0.5) is 11.4 Å². The summed E-state index contributed by atoms with van der Waals surface area (Å²) in [5, 5.41) is 8.56. The van der Waals surface area contributed by atoms with Crippen LogP contribution in [0.25, 0.3) is 11.3 Å². The Bertz CT molecular complexity index is 867.